The van der Waals surface area contributed by atoms with Crippen LogP contribution >= 0.6 is 35.0 Å². The zero-order valence-electron chi connectivity index (χ0n) is 14.8. The zero-order valence-corrected chi connectivity index (χ0v) is 17.1. The molecule has 0 bridgehead atoms. The van der Waals surface area contributed by atoms with E-state index in [1.54, 1.807) is 42.5 Å². The SMILES string of the molecule is COc1ccc(N2C(=O)C[C@@H](SCC(=O)Nc3ccc(Cl)c(Cl)c3)C2=O)cc1. The van der Waals surface area contributed by atoms with Gasteiger partial charge in [0.2, 0.25) is 17.7 Å². The maximum Gasteiger partial charge on any atom is 0.247 e. The number of anilines is 2. The quantitative estimate of drug-likeness (QED) is 0.689. The molecule has 1 heterocycles. The number of hydrogen-bond donors (Lipinski definition) is 1. The molecule has 0 unspecified atom stereocenters. The predicted molar refractivity (Wildman–Crippen MR) is 111 cm³/mol. The summed E-state index contributed by atoms with van der Waals surface area (Å²) in [4.78, 5) is 38.2. The average Bonchev–Trinajstić information content (AvgIpc) is 2.96. The molecule has 0 aromatic heterocycles. The summed E-state index contributed by atoms with van der Waals surface area (Å²) < 4.78 is 5.08. The van der Waals surface area contributed by atoms with Crippen molar-refractivity contribution in [2.45, 2.75) is 11.7 Å². The lowest BCUT2D eigenvalue weighted by Gasteiger charge is -2.15. The fourth-order valence-corrected chi connectivity index (χ4v) is 3.92. The molecule has 28 heavy (non-hydrogen) atoms. The molecule has 1 fully saturated rings. The van der Waals surface area contributed by atoms with Crippen molar-refractivity contribution in [3.05, 3.63) is 52.5 Å². The topological polar surface area (TPSA) is 75.7 Å². The van der Waals surface area contributed by atoms with E-state index >= 15 is 0 Å². The molecular weight excluding hydrogens is 423 g/mol. The molecule has 0 spiro atoms. The van der Waals surface area contributed by atoms with Crippen molar-refractivity contribution in [3.63, 3.8) is 0 Å². The number of hydrogen-bond acceptors (Lipinski definition) is 5. The Bertz CT molecular complexity index is 921. The van der Waals surface area contributed by atoms with E-state index in [1.807, 2.05) is 0 Å². The van der Waals surface area contributed by atoms with Crippen LogP contribution in [0.4, 0.5) is 11.4 Å². The van der Waals surface area contributed by atoms with Crippen molar-refractivity contribution in [1.29, 1.82) is 0 Å². The van der Waals surface area contributed by atoms with Gasteiger partial charge >= 0.3 is 0 Å². The Morgan fingerprint density at radius 2 is 1.89 bits per heavy atom. The van der Waals surface area contributed by atoms with Crippen LogP contribution in [-0.2, 0) is 14.4 Å². The molecule has 146 valence electrons. The van der Waals surface area contributed by atoms with Crippen molar-refractivity contribution in [2.24, 2.45) is 0 Å². The number of amides is 3. The smallest absolute Gasteiger partial charge is 0.247 e. The van der Waals surface area contributed by atoms with Crippen LogP contribution in [0.1, 0.15) is 6.42 Å². The summed E-state index contributed by atoms with van der Waals surface area (Å²) in [6, 6.07) is 11.4. The normalized spacial score (nSPS) is 16.4. The number of carbonyl (C=O) groups excluding carboxylic acids is 3. The van der Waals surface area contributed by atoms with Gasteiger partial charge in [0.15, 0.2) is 0 Å². The molecule has 2 aromatic rings. The summed E-state index contributed by atoms with van der Waals surface area (Å²) in [7, 11) is 1.54. The van der Waals surface area contributed by atoms with Gasteiger partial charge in [-0.1, -0.05) is 23.2 Å². The van der Waals surface area contributed by atoms with Gasteiger partial charge in [0, 0.05) is 12.1 Å². The number of carbonyl (C=O) groups is 3. The van der Waals surface area contributed by atoms with Gasteiger partial charge in [-0.05, 0) is 42.5 Å². The van der Waals surface area contributed by atoms with E-state index in [9.17, 15) is 14.4 Å². The summed E-state index contributed by atoms with van der Waals surface area (Å²) >= 11 is 12.9. The summed E-state index contributed by atoms with van der Waals surface area (Å²) in [6.07, 6.45) is 0.0512. The lowest BCUT2D eigenvalue weighted by atomic mass is 10.3. The van der Waals surface area contributed by atoms with Gasteiger partial charge in [0.05, 0.1) is 33.8 Å². The van der Waals surface area contributed by atoms with E-state index in [2.05, 4.69) is 5.32 Å². The highest BCUT2D eigenvalue weighted by Crippen LogP contribution is 2.31. The maximum atomic E-state index is 12.6. The van der Waals surface area contributed by atoms with Gasteiger partial charge in [0.1, 0.15) is 5.75 Å². The van der Waals surface area contributed by atoms with Crippen LogP contribution < -0.4 is 15.0 Å². The summed E-state index contributed by atoms with van der Waals surface area (Å²) in [5, 5.41) is 2.81. The molecule has 0 radical (unpaired) electrons. The second-order valence-corrected chi connectivity index (χ2v) is 7.95. The van der Waals surface area contributed by atoms with Crippen LogP contribution in [0.2, 0.25) is 10.0 Å². The molecule has 3 amide bonds. The molecule has 1 aliphatic heterocycles. The third kappa shape index (κ3) is 4.60. The summed E-state index contributed by atoms with van der Waals surface area (Å²) in [5.74, 6) is -0.264. The zero-order chi connectivity index (χ0) is 20.3. The Balaban J connectivity index is 1.58. The van der Waals surface area contributed by atoms with Crippen molar-refractivity contribution in [2.75, 3.05) is 23.1 Å². The molecule has 6 nitrogen and oxygen atoms in total. The Kier molecular flexibility index (Phi) is 6.49. The van der Waals surface area contributed by atoms with Gasteiger partial charge < -0.3 is 10.1 Å². The van der Waals surface area contributed by atoms with Crippen LogP contribution in [0.5, 0.6) is 5.75 Å². The van der Waals surface area contributed by atoms with E-state index in [0.29, 0.717) is 27.2 Å². The third-order valence-corrected chi connectivity index (χ3v) is 5.99. The number of methoxy groups -OCH3 is 1. The standard InChI is InChI=1S/C19H16Cl2N2O4S/c1-27-13-5-3-12(4-6-13)23-18(25)9-16(19(23)26)28-10-17(24)22-11-2-7-14(20)15(21)8-11/h2-8,16H,9-10H2,1H3,(H,22,24)/t16-/m1/s1. The molecule has 0 aliphatic carbocycles. The minimum Gasteiger partial charge on any atom is -0.497 e. The van der Waals surface area contributed by atoms with Crippen LogP contribution in [0.15, 0.2) is 42.5 Å². The first-order chi connectivity index (χ1) is 13.4. The minimum atomic E-state index is -0.603. The van der Waals surface area contributed by atoms with Gasteiger partial charge in [-0.2, -0.15) is 0 Å². The van der Waals surface area contributed by atoms with Crippen molar-refractivity contribution in [3.8, 4) is 5.75 Å². The number of thioether (sulfide) groups is 1. The molecule has 0 saturated carbocycles. The maximum absolute atomic E-state index is 12.6. The predicted octanol–water partition coefficient (Wildman–Crippen LogP) is 4.01. The lowest BCUT2D eigenvalue weighted by molar-refractivity contribution is -0.121. The van der Waals surface area contributed by atoms with E-state index in [4.69, 9.17) is 27.9 Å². The van der Waals surface area contributed by atoms with Gasteiger partial charge in [0.25, 0.3) is 0 Å². The molecule has 1 aliphatic rings. The molecular formula is C19H16Cl2N2O4S. The Hall–Kier alpha value is -2.22. The third-order valence-electron chi connectivity index (χ3n) is 4.05. The monoisotopic (exact) mass is 438 g/mol. The van der Waals surface area contributed by atoms with Crippen molar-refractivity contribution < 1.29 is 19.1 Å². The molecule has 3 rings (SSSR count). The fourth-order valence-electron chi connectivity index (χ4n) is 2.68. The number of halogens is 2. The highest BCUT2D eigenvalue weighted by atomic mass is 35.5. The van der Waals surface area contributed by atoms with Crippen molar-refractivity contribution >= 4 is 64.1 Å². The number of rotatable bonds is 6. The second kappa shape index (κ2) is 8.86. The van der Waals surface area contributed by atoms with E-state index in [-0.39, 0.29) is 29.9 Å². The molecule has 1 atom stereocenters. The molecule has 1 N–H and O–H groups in total. The van der Waals surface area contributed by atoms with Crippen LogP contribution in [0.3, 0.4) is 0 Å². The lowest BCUT2D eigenvalue weighted by Crippen LogP contribution is -2.31. The highest BCUT2D eigenvalue weighted by Gasteiger charge is 2.40. The second-order valence-electron chi connectivity index (χ2n) is 5.95. The van der Waals surface area contributed by atoms with E-state index in [1.165, 1.54) is 7.11 Å². The highest BCUT2D eigenvalue weighted by molar-refractivity contribution is 8.01. The Labute approximate surface area is 176 Å². The van der Waals surface area contributed by atoms with Crippen LogP contribution in [0.25, 0.3) is 0 Å². The summed E-state index contributed by atoms with van der Waals surface area (Å²) in [6.45, 7) is 0. The average molecular weight is 439 g/mol. The minimum absolute atomic E-state index is 0.0282. The van der Waals surface area contributed by atoms with Gasteiger partial charge in [-0.25, -0.2) is 4.90 Å². The van der Waals surface area contributed by atoms with E-state index < -0.39 is 5.25 Å². The Morgan fingerprint density at radius 3 is 2.54 bits per heavy atom. The fraction of sp³-hybridized carbons (Fsp3) is 0.211. The Morgan fingerprint density at radius 1 is 1.18 bits per heavy atom. The summed E-state index contributed by atoms with van der Waals surface area (Å²) in [5.41, 5.74) is 0.993. The number of nitrogens with one attached hydrogen (secondary N) is 1. The first-order valence-corrected chi connectivity index (χ1v) is 10.1. The van der Waals surface area contributed by atoms with E-state index in [0.717, 1.165) is 16.7 Å². The van der Waals surface area contributed by atoms with Crippen molar-refractivity contribution in [1.82, 2.24) is 0 Å². The molecule has 9 heteroatoms. The molecule has 1 saturated heterocycles. The number of benzene rings is 2. The van der Waals surface area contributed by atoms with Gasteiger partial charge in [-0.15, -0.1) is 11.8 Å². The first kappa shape index (κ1) is 20.5. The van der Waals surface area contributed by atoms with Crippen LogP contribution in [0, 0.1) is 0 Å². The largest absolute Gasteiger partial charge is 0.497 e. The number of ether oxygens (including phenoxy) is 1. The van der Waals surface area contributed by atoms with Gasteiger partial charge in [-0.3, -0.25) is 14.4 Å². The first-order valence-electron chi connectivity index (χ1n) is 8.26. The van der Waals surface area contributed by atoms with Crippen LogP contribution in [-0.4, -0.2) is 35.8 Å². The number of nitrogens with zero attached hydrogens (tertiary/aromatic N) is 1. The molecule has 2 aromatic carbocycles. The number of imide groups is 1.